The predicted octanol–water partition coefficient (Wildman–Crippen LogP) is 3.52. The standard InChI is InChI=1S/C25H26FN3O4/c1-15-13-18(26)14-20-23(15)27-21(28-25(20)33)3-2-4-22(31)29-11-9-17(10-12-29)24(32)16-5-7-19(30)8-6-16/h5-8,13-14,17,30H,2-4,9-12H2,1H3,(H,27,28,33). The maximum atomic E-state index is 13.6. The molecule has 0 saturated carbocycles. The molecule has 1 aliphatic rings. The van der Waals surface area contributed by atoms with E-state index in [1.807, 2.05) is 0 Å². The van der Waals surface area contributed by atoms with Crippen LogP contribution in [0.2, 0.25) is 0 Å². The summed E-state index contributed by atoms with van der Waals surface area (Å²) in [6.45, 7) is 2.77. The van der Waals surface area contributed by atoms with E-state index in [-0.39, 0.29) is 34.3 Å². The van der Waals surface area contributed by atoms with Gasteiger partial charge < -0.3 is 15.0 Å². The Hall–Kier alpha value is -3.55. The van der Waals surface area contributed by atoms with Gasteiger partial charge in [0.15, 0.2) is 5.78 Å². The third-order valence-electron chi connectivity index (χ3n) is 6.19. The van der Waals surface area contributed by atoms with Gasteiger partial charge in [-0.3, -0.25) is 14.4 Å². The number of nitrogens with one attached hydrogen (secondary N) is 1. The molecule has 8 heteroatoms. The summed E-state index contributed by atoms with van der Waals surface area (Å²) in [5.41, 5.74) is 1.26. The molecule has 172 valence electrons. The molecule has 33 heavy (non-hydrogen) atoms. The molecule has 0 atom stereocenters. The number of fused-ring (bicyclic) bond motifs is 1. The number of rotatable bonds is 6. The van der Waals surface area contributed by atoms with E-state index in [2.05, 4.69) is 9.97 Å². The van der Waals surface area contributed by atoms with Gasteiger partial charge in [0, 0.05) is 37.4 Å². The zero-order chi connectivity index (χ0) is 23.5. The number of H-pyrrole nitrogens is 1. The number of hydrogen-bond donors (Lipinski definition) is 2. The fourth-order valence-corrected chi connectivity index (χ4v) is 4.35. The first kappa shape index (κ1) is 22.6. The molecule has 2 heterocycles. The van der Waals surface area contributed by atoms with Crippen molar-refractivity contribution in [1.29, 1.82) is 0 Å². The molecule has 1 fully saturated rings. The summed E-state index contributed by atoms with van der Waals surface area (Å²) in [7, 11) is 0. The van der Waals surface area contributed by atoms with Crippen LogP contribution in [0.5, 0.6) is 5.75 Å². The highest BCUT2D eigenvalue weighted by Gasteiger charge is 2.27. The monoisotopic (exact) mass is 451 g/mol. The second kappa shape index (κ2) is 9.52. The smallest absolute Gasteiger partial charge is 0.258 e. The molecule has 1 saturated heterocycles. The van der Waals surface area contributed by atoms with Gasteiger partial charge in [-0.15, -0.1) is 0 Å². The Morgan fingerprint density at radius 1 is 1.18 bits per heavy atom. The molecule has 0 aliphatic carbocycles. The quantitative estimate of drug-likeness (QED) is 0.558. The lowest BCUT2D eigenvalue weighted by molar-refractivity contribution is -0.132. The number of Topliss-reactive ketones (excluding diaryl/α,β-unsaturated/α-hetero) is 1. The Morgan fingerprint density at radius 3 is 2.58 bits per heavy atom. The molecule has 0 radical (unpaired) electrons. The van der Waals surface area contributed by atoms with Crippen LogP contribution >= 0.6 is 0 Å². The van der Waals surface area contributed by atoms with E-state index in [9.17, 15) is 23.9 Å². The van der Waals surface area contributed by atoms with Crippen LogP contribution in [0.4, 0.5) is 4.39 Å². The van der Waals surface area contributed by atoms with E-state index < -0.39 is 5.82 Å². The molecular formula is C25H26FN3O4. The van der Waals surface area contributed by atoms with Crippen molar-refractivity contribution in [1.82, 2.24) is 14.9 Å². The summed E-state index contributed by atoms with van der Waals surface area (Å²) < 4.78 is 13.6. The van der Waals surface area contributed by atoms with Crippen molar-refractivity contribution < 1.29 is 19.1 Å². The van der Waals surface area contributed by atoms with Crippen LogP contribution in [-0.4, -0.2) is 44.8 Å². The molecule has 0 bridgehead atoms. The lowest BCUT2D eigenvalue weighted by Crippen LogP contribution is -2.40. The summed E-state index contributed by atoms with van der Waals surface area (Å²) >= 11 is 0. The SMILES string of the molecule is Cc1cc(F)cc2c(=O)[nH]c(CCCC(=O)N3CCC(C(=O)c4ccc(O)cc4)CC3)nc12. The first-order valence-corrected chi connectivity index (χ1v) is 11.1. The number of aromatic nitrogens is 2. The molecule has 1 aromatic heterocycles. The average Bonchev–Trinajstić information content (AvgIpc) is 2.80. The predicted molar refractivity (Wildman–Crippen MR) is 122 cm³/mol. The van der Waals surface area contributed by atoms with Crippen LogP contribution in [0.3, 0.4) is 0 Å². The number of amides is 1. The van der Waals surface area contributed by atoms with Gasteiger partial charge in [-0.25, -0.2) is 9.37 Å². The molecule has 0 spiro atoms. The van der Waals surface area contributed by atoms with Gasteiger partial charge in [0.2, 0.25) is 5.91 Å². The van der Waals surface area contributed by atoms with Gasteiger partial charge in [0.05, 0.1) is 10.9 Å². The van der Waals surface area contributed by atoms with Crippen molar-refractivity contribution in [3.63, 3.8) is 0 Å². The Labute approximate surface area is 190 Å². The lowest BCUT2D eigenvalue weighted by Gasteiger charge is -2.31. The first-order valence-electron chi connectivity index (χ1n) is 11.1. The number of piperidine rings is 1. The minimum atomic E-state index is -0.473. The second-order valence-electron chi connectivity index (χ2n) is 8.55. The van der Waals surface area contributed by atoms with Crippen LogP contribution in [0, 0.1) is 18.7 Å². The number of benzene rings is 2. The number of carbonyl (C=O) groups is 2. The van der Waals surface area contributed by atoms with Gasteiger partial charge in [-0.2, -0.15) is 0 Å². The van der Waals surface area contributed by atoms with Crippen molar-refractivity contribution in [2.75, 3.05) is 13.1 Å². The second-order valence-corrected chi connectivity index (χ2v) is 8.55. The number of likely N-dealkylation sites (tertiary alicyclic amines) is 1. The Kier molecular flexibility index (Phi) is 6.53. The highest BCUT2D eigenvalue weighted by Crippen LogP contribution is 2.23. The maximum absolute atomic E-state index is 13.6. The van der Waals surface area contributed by atoms with E-state index >= 15 is 0 Å². The molecule has 0 unspecified atom stereocenters. The topological polar surface area (TPSA) is 103 Å². The number of phenols is 1. The summed E-state index contributed by atoms with van der Waals surface area (Å²) in [6, 6.07) is 8.78. The van der Waals surface area contributed by atoms with Gasteiger partial charge in [-0.1, -0.05) is 0 Å². The van der Waals surface area contributed by atoms with E-state index in [4.69, 9.17) is 0 Å². The summed E-state index contributed by atoms with van der Waals surface area (Å²) in [5, 5.41) is 9.60. The minimum absolute atomic E-state index is 0.0203. The number of phenolic OH excluding ortho intramolecular Hbond substituents is 1. The molecule has 4 rings (SSSR count). The Morgan fingerprint density at radius 2 is 1.88 bits per heavy atom. The van der Waals surface area contributed by atoms with Crippen LogP contribution in [0.25, 0.3) is 10.9 Å². The van der Waals surface area contributed by atoms with Gasteiger partial charge >= 0.3 is 0 Å². The number of aryl methyl sites for hydroxylation is 2. The van der Waals surface area contributed by atoms with Crippen LogP contribution in [0.1, 0.15) is 47.4 Å². The number of aromatic hydroxyl groups is 1. The average molecular weight is 451 g/mol. The van der Waals surface area contributed by atoms with Crippen molar-refractivity contribution in [3.8, 4) is 5.75 Å². The van der Waals surface area contributed by atoms with Gasteiger partial charge in [0.25, 0.3) is 5.56 Å². The summed E-state index contributed by atoms with van der Waals surface area (Å²) in [5.74, 6) is 0.0698. The molecule has 1 aliphatic heterocycles. The number of ketones is 1. The van der Waals surface area contributed by atoms with Crippen LogP contribution < -0.4 is 5.56 Å². The number of carbonyl (C=O) groups excluding carboxylic acids is 2. The Bertz CT molecular complexity index is 1240. The van der Waals surface area contributed by atoms with Crippen molar-refractivity contribution in [2.45, 2.75) is 39.0 Å². The summed E-state index contributed by atoms with van der Waals surface area (Å²) in [4.78, 5) is 46.5. The van der Waals surface area contributed by atoms with E-state index in [1.165, 1.54) is 24.3 Å². The summed E-state index contributed by atoms with van der Waals surface area (Å²) in [6.07, 6.45) is 2.51. The third kappa shape index (κ3) is 5.10. The number of nitrogens with zero attached hydrogens (tertiary/aromatic N) is 2. The fourth-order valence-electron chi connectivity index (χ4n) is 4.35. The van der Waals surface area contributed by atoms with E-state index in [0.29, 0.717) is 67.7 Å². The first-order chi connectivity index (χ1) is 15.8. The Balaban J connectivity index is 1.29. The molecule has 3 aromatic rings. The van der Waals surface area contributed by atoms with Gasteiger partial charge in [-0.05, 0) is 68.1 Å². The van der Waals surface area contributed by atoms with Crippen LogP contribution in [0.15, 0.2) is 41.2 Å². The molecule has 1 amide bonds. The normalized spacial score (nSPS) is 14.5. The van der Waals surface area contributed by atoms with Crippen LogP contribution in [-0.2, 0) is 11.2 Å². The lowest BCUT2D eigenvalue weighted by atomic mass is 9.88. The van der Waals surface area contributed by atoms with Crippen molar-refractivity contribution in [3.05, 3.63) is 69.5 Å². The van der Waals surface area contributed by atoms with E-state index in [0.717, 1.165) is 0 Å². The van der Waals surface area contributed by atoms with E-state index in [1.54, 1.807) is 24.0 Å². The zero-order valence-electron chi connectivity index (χ0n) is 18.4. The zero-order valence-corrected chi connectivity index (χ0v) is 18.4. The number of halogens is 1. The molecule has 2 N–H and O–H groups in total. The maximum Gasteiger partial charge on any atom is 0.258 e. The minimum Gasteiger partial charge on any atom is -0.508 e. The van der Waals surface area contributed by atoms with Crippen molar-refractivity contribution in [2.24, 2.45) is 5.92 Å². The van der Waals surface area contributed by atoms with Gasteiger partial charge in [0.1, 0.15) is 17.4 Å². The molecule has 7 nitrogen and oxygen atoms in total. The highest BCUT2D eigenvalue weighted by atomic mass is 19.1. The van der Waals surface area contributed by atoms with Crippen molar-refractivity contribution >= 4 is 22.6 Å². The third-order valence-corrected chi connectivity index (χ3v) is 6.19. The molecule has 2 aromatic carbocycles. The molecular weight excluding hydrogens is 425 g/mol. The largest absolute Gasteiger partial charge is 0.508 e. The fraction of sp³-hybridized carbons (Fsp3) is 0.360. The highest BCUT2D eigenvalue weighted by molar-refractivity contribution is 5.98. The number of hydrogen-bond acceptors (Lipinski definition) is 5. The number of aromatic amines is 1.